The van der Waals surface area contributed by atoms with Gasteiger partial charge in [0.25, 0.3) is 5.91 Å². The zero-order valence-corrected chi connectivity index (χ0v) is 33.7. The van der Waals surface area contributed by atoms with Crippen molar-refractivity contribution in [1.29, 1.82) is 0 Å². The monoisotopic (exact) mass is 780 g/mol. The number of carbonyl (C=O) groups excluding carboxylic acids is 2. The molecule has 8 rings (SSSR count). The number of ether oxygens (including phenoxy) is 2. The average molecular weight is 781 g/mol. The molecule has 10 nitrogen and oxygen atoms in total. The smallest absolute Gasteiger partial charge is 0.264 e. The molecule has 2 amide bonds. The van der Waals surface area contributed by atoms with E-state index in [4.69, 9.17) is 21.1 Å². The molecular formula is C42H57ClN4O6S. The Kier molecular flexibility index (Phi) is 10.5. The second-order valence-electron chi connectivity index (χ2n) is 17.4. The number of nitrogens with zero attached hydrogens (tertiary/aromatic N) is 3. The topological polar surface area (TPSA) is 108 Å². The van der Waals surface area contributed by atoms with Gasteiger partial charge in [0.2, 0.25) is 15.9 Å². The highest BCUT2D eigenvalue weighted by atomic mass is 35.5. The standard InChI is InChI=1S/C42H57ClN4O6S/c1-4-5-15-42(22-36(42)40(49)46-17-16-45-18-19-52-25-33(45)24-46)35-11-8-31(35)23-47-26-41(14-6-7-29-20-32(43)10-12-34(29)41)27-53-38-13-9-30(21-37(38)47)39(48)44-54(50,51)28(2)3/h9-10,12-13,20-21,28,31,33,35-36H,4-8,11,14-19,22-27H2,1-3H3,(H,44,48)/t31-,33+,35+,36+,41-,42+/m0/s1. The largest absolute Gasteiger partial charge is 0.490 e. The average Bonchev–Trinajstić information content (AvgIpc) is 3.89. The lowest BCUT2D eigenvalue weighted by Crippen LogP contribution is -2.59. The second-order valence-corrected chi connectivity index (χ2v) is 20.1. The second kappa shape index (κ2) is 14.9. The third-order valence-electron chi connectivity index (χ3n) is 13.9. The highest BCUT2D eigenvalue weighted by Crippen LogP contribution is 2.68. The summed E-state index contributed by atoms with van der Waals surface area (Å²) in [7, 11) is -3.81. The number of nitrogens with one attached hydrogen (secondary N) is 1. The Balaban J connectivity index is 1.08. The van der Waals surface area contributed by atoms with Gasteiger partial charge in [-0.25, -0.2) is 13.1 Å². The van der Waals surface area contributed by atoms with Gasteiger partial charge in [-0.2, -0.15) is 0 Å². The Morgan fingerprint density at radius 1 is 1.09 bits per heavy atom. The van der Waals surface area contributed by atoms with E-state index in [0.29, 0.717) is 54.9 Å². The van der Waals surface area contributed by atoms with E-state index in [2.05, 4.69) is 38.5 Å². The molecule has 3 aliphatic heterocycles. The van der Waals surface area contributed by atoms with Gasteiger partial charge < -0.3 is 19.3 Å². The zero-order valence-electron chi connectivity index (χ0n) is 32.2. The van der Waals surface area contributed by atoms with Gasteiger partial charge in [0.1, 0.15) is 5.75 Å². The van der Waals surface area contributed by atoms with Gasteiger partial charge in [-0.15, -0.1) is 0 Å². The lowest BCUT2D eigenvalue weighted by atomic mass is 9.62. The van der Waals surface area contributed by atoms with E-state index in [0.717, 1.165) is 108 Å². The van der Waals surface area contributed by atoms with Gasteiger partial charge in [-0.3, -0.25) is 14.5 Å². The van der Waals surface area contributed by atoms with Crippen molar-refractivity contribution < 1.29 is 27.5 Å². The summed E-state index contributed by atoms with van der Waals surface area (Å²) >= 11 is 6.50. The molecule has 12 heteroatoms. The number of aryl methyl sites for hydroxylation is 1. The molecule has 2 aromatic carbocycles. The van der Waals surface area contributed by atoms with Crippen LogP contribution in [0.5, 0.6) is 5.75 Å². The molecule has 2 saturated heterocycles. The van der Waals surface area contributed by atoms with Crippen LogP contribution in [0.2, 0.25) is 5.02 Å². The van der Waals surface area contributed by atoms with E-state index in [1.165, 1.54) is 11.1 Å². The van der Waals surface area contributed by atoms with Crippen molar-refractivity contribution in [2.75, 3.05) is 64.0 Å². The predicted molar refractivity (Wildman–Crippen MR) is 211 cm³/mol. The summed E-state index contributed by atoms with van der Waals surface area (Å²) < 4.78 is 40.1. The molecule has 0 bridgehead atoms. The molecule has 294 valence electrons. The van der Waals surface area contributed by atoms with Gasteiger partial charge in [0.15, 0.2) is 0 Å². The Hall–Kier alpha value is -2.86. The number of piperazine rings is 1. The Morgan fingerprint density at radius 2 is 1.94 bits per heavy atom. The molecule has 54 heavy (non-hydrogen) atoms. The quantitative estimate of drug-likeness (QED) is 0.311. The molecule has 3 aliphatic carbocycles. The summed E-state index contributed by atoms with van der Waals surface area (Å²) in [4.78, 5) is 34.8. The Labute approximate surface area is 326 Å². The SMILES string of the molecule is CCCC[C@]1([C@@H]2CC[C@H]2CN2C[C@@]3(CCCc4cc(Cl)ccc43)COc3ccc(C(=O)NS(=O)(=O)C(C)C)cc32)C[C@@H]1C(=O)N1CCN2CCOC[C@H]2C1. The Morgan fingerprint density at radius 3 is 2.72 bits per heavy atom. The molecule has 1 spiro atoms. The summed E-state index contributed by atoms with van der Waals surface area (Å²) in [5.74, 6) is 1.33. The first-order chi connectivity index (χ1) is 25.9. The number of hydrogen-bond acceptors (Lipinski definition) is 8. The summed E-state index contributed by atoms with van der Waals surface area (Å²) in [6, 6.07) is 11.9. The number of benzene rings is 2. The molecule has 4 fully saturated rings. The van der Waals surface area contributed by atoms with Gasteiger partial charge in [0, 0.05) is 61.2 Å². The fraction of sp³-hybridized carbons (Fsp3) is 0.667. The van der Waals surface area contributed by atoms with Crippen LogP contribution >= 0.6 is 11.6 Å². The van der Waals surface area contributed by atoms with Crippen LogP contribution in [-0.4, -0.2) is 100 Å². The number of rotatable bonds is 10. The molecule has 3 heterocycles. The van der Waals surface area contributed by atoms with E-state index in [1.54, 1.807) is 19.9 Å². The molecule has 1 N–H and O–H groups in total. The number of amides is 2. The van der Waals surface area contributed by atoms with Crippen LogP contribution in [0.4, 0.5) is 5.69 Å². The number of halogens is 1. The Bertz CT molecular complexity index is 1870. The first-order valence-corrected chi connectivity index (χ1v) is 22.3. The number of sulfonamides is 1. The van der Waals surface area contributed by atoms with Crippen molar-refractivity contribution >= 4 is 39.1 Å². The van der Waals surface area contributed by atoms with Crippen molar-refractivity contribution in [2.45, 2.75) is 95.3 Å². The van der Waals surface area contributed by atoms with Crippen molar-refractivity contribution in [3.05, 3.63) is 58.1 Å². The summed E-state index contributed by atoms with van der Waals surface area (Å²) in [6.07, 6.45) is 9.48. The number of unbranched alkanes of at least 4 members (excludes halogenated alkanes) is 1. The van der Waals surface area contributed by atoms with E-state index < -0.39 is 21.2 Å². The number of morpholine rings is 1. The first kappa shape index (κ1) is 38.0. The number of hydrogen-bond donors (Lipinski definition) is 1. The molecule has 6 aliphatic rings. The van der Waals surface area contributed by atoms with Crippen molar-refractivity contribution in [1.82, 2.24) is 14.5 Å². The van der Waals surface area contributed by atoms with Gasteiger partial charge in [-0.1, -0.05) is 37.4 Å². The number of carbonyl (C=O) groups is 2. The minimum atomic E-state index is -3.81. The lowest BCUT2D eigenvalue weighted by Gasteiger charge is -2.48. The van der Waals surface area contributed by atoms with Crippen LogP contribution in [0.25, 0.3) is 0 Å². The number of fused-ring (bicyclic) bond motifs is 4. The molecule has 2 saturated carbocycles. The van der Waals surface area contributed by atoms with Crippen LogP contribution in [0, 0.1) is 23.2 Å². The molecule has 0 aromatic heterocycles. The highest BCUT2D eigenvalue weighted by molar-refractivity contribution is 7.90. The molecular weight excluding hydrogens is 724 g/mol. The summed E-state index contributed by atoms with van der Waals surface area (Å²) in [5, 5.41) is 0.00564. The van der Waals surface area contributed by atoms with Gasteiger partial charge in [0.05, 0.1) is 36.8 Å². The van der Waals surface area contributed by atoms with Crippen molar-refractivity contribution in [3.63, 3.8) is 0 Å². The highest BCUT2D eigenvalue weighted by Gasteiger charge is 2.65. The third-order valence-corrected chi connectivity index (χ3v) is 15.9. The molecule has 2 aromatic rings. The van der Waals surface area contributed by atoms with Crippen LogP contribution in [0.3, 0.4) is 0 Å². The summed E-state index contributed by atoms with van der Waals surface area (Å²) in [6.45, 7) is 12.3. The fourth-order valence-electron chi connectivity index (χ4n) is 10.6. The molecule has 0 unspecified atom stereocenters. The van der Waals surface area contributed by atoms with E-state index in [1.807, 2.05) is 18.2 Å². The first-order valence-electron chi connectivity index (χ1n) is 20.4. The number of anilines is 1. The zero-order chi connectivity index (χ0) is 37.8. The lowest BCUT2D eigenvalue weighted by molar-refractivity contribution is -0.140. The minimum Gasteiger partial charge on any atom is -0.490 e. The van der Waals surface area contributed by atoms with Crippen LogP contribution in [-0.2, 0) is 31.4 Å². The van der Waals surface area contributed by atoms with E-state index in [-0.39, 0.29) is 16.7 Å². The van der Waals surface area contributed by atoms with Gasteiger partial charge in [-0.05, 0) is 118 Å². The normalized spacial score (nSPS) is 30.8. The van der Waals surface area contributed by atoms with Crippen LogP contribution in [0.1, 0.15) is 93.6 Å². The maximum atomic E-state index is 14.3. The maximum absolute atomic E-state index is 14.3. The van der Waals surface area contributed by atoms with Crippen molar-refractivity contribution in [2.24, 2.45) is 23.2 Å². The third kappa shape index (κ3) is 7.05. The maximum Gasteiger partial charge on any atom is 0.264 e. The fourth-order valence-corrected chi connectivity index (χ4v) is 11.4. The van der Waals surface area contributed by atoms with Crippen LogP contribution < -0.4 is 14.4 Å². The van der Waals surface area contributed by atoms with E-state index >= 15 is 0 Å². The predicted octanol–water partition coefficient (Wildman–Crippen LogP) is 6.05. The molecule has 0 radical (unpaired) electrons. The minimum absolute atomic E-state index is 0.0280. The van der Waals surface area contributed by atoms with Crippen molar-refractivity contribution in [3.8, 4) is 5.75 Å². The summed E-state index contributed by atoms with van der Waals surface area (Å²) in [5.41, 5.74) is 3.41. The van der Waals surface area contributed by atoms with Crippen LogP contribution in [0.15, 0.2) is 36.4 Å². The van der Waals surface area contributed by atoms with Gasteiger partial charge >= 0.3 is 0 Å². The van der Waals surface area contributed by atoms with E-state index in [9.17, 15) is 18.0 Å². The molecule has 6 atom stereocenters.